The van der Waals surface area contributed by atoms with E-state index in [2.05, 4.69) is 78.8 Å². The molecule has 4 aromatic rings. The number of fused-ring (bicyclic) bond motifs is 3. The minimum atomic E-state index is 1.04. The Hall–Kier alpha value is -2.61. The van der Waals surface area contributed by atoms with Crippen molar-refractivity contribution in [3.63, 3.8) is 0 Å². The van der Waals surface area contributed by atoms with Gasteiger partial charge in [-0.1, -0.05) is 18.2 Å². The molecule has 0 bridgehead atoms. The predicted molar refractivity (Wildman–Crippen MR) is 92.3 cm³/mol. The molecule has 1 aromatic carbocycles. The van der Waals surface area contributed by atoms with Gasteiger partial charge in [-0.15, -0.1) is 0 Å². The highest BCUT2D eigenvalue weighted by Gasteiger charge is 2.10. The van der Waals surface area contributed by atoms with Gasteiger partial charge in [0.25, 0.3) is 0 Å². The Morgan fingerprint density at radius 1 is 0.864 bits per heavy atom. The number of pyridine rings is 2. The van der Waals surface area contributed by atoms with Crippen LogP contribution in [0.5, 0.6) is 0 Å². The van der Waals surface area contributed by atoms with Crippen LogP contribution in [0.2, 0.25) is 0 Å². The van der Waals surface area contributed by atoms with Gasteiger partial charge in [-0.05, 0) is 56.2 Å². The minimum absolute atomic E-state index is 1.04. The fourth-order valence-electron chi connectivity index (χ4n) is 3.10. The molecule has 0 N–H and O–H groups in total. The standard InChI is InChI=1S/C20H18N2/c1-13-10-19(21-12-14(13)2)16-7-8-17-15(3)22-9-5-4-6-20(22)18(17)11-16/h4-12H,1-3H3. The third-order valence-corrected chi connectivity index (χ3v) is 4.57. The lowest BCUT2D eigenvalue weighted by Crippen LogP contribution is -1.88. The van der Waals surface area contributed by atoms with E-state index >= 15 is 0 Å². The van der Waals surface area contributed by atoms with E-state index in [-0.39, 0.29) is 0 Å². The first-order valence-corrected chi connectivity index (χ1v) is 7.58. The number of hydrogen-bond donors (Lipinski definition) is 0. The van der Waals surface area contributed by atoms with Crippen LogP contribution in [0.25, 0.3) is 27.5 Å². The van der Waals surface area contributed by atoms with Crippen LogP contribution >= 0.6 is 0 Å². The highest BCUT2D eigenvalue weighted by Crippen LogP contribution is 2.30. The highest BCUT2D eigenvalue weighted by atomic mass is 14.9. The van der Waals surface area contributed by atoms with Crippen molar-refractivity contribution in [2.24, 2.45) is 0 Å². The van der Waals surface area contributed by atoms with Gasteiger partial charge >= 0.3 is 0 Å². The maximum atomic E-state index is 4.60. The van der Waals surface area contributed by atoms with E-state index in [1.807, 2.05) is 6.20 Å². The maximum Gasteiger partial charge on any atom is 0.0705 e. The minimum Gasteiger partial charge on any atom is -0.320 e. The number of hydrogen-bond acceptors (Lipinski definition) is 1. The molecular weight excluding hydrogens is 268 g/mol. The van der Waals surface area contributed by atoms with Crippen molar-refractivity contribution in [2.45, 2.75) is 20.8 Å². The van der Waals surface area contributed by atoms with Gasteiger partial charge in [0.15, 0.2) is 0 Å². The molecule has 0 saturated carbocycles. The van der Waals surface area contributed by atoms with Crippen LogP contribution in [0.4, 0.5) is 0 Å². The van der Waals surface area contributed by atoms with Crippen LogP contribution < -0.4 is 0 Å². The summed E-state index contributed by atoms with van der Waals surface area (Å²) in [5, 5.41) is 2.59. The van der Waals surface area contributed by atoms with Gasteiger partial charge in [0.2, 0.25) is 0 Å². The Morgan fingerprint density at radius 3 is 2.55 bits per heavy atom. The van der Waals surface area contributed by atoms with Gasteiger partial charge in [-0.25, -0.2) is 0 Å². The molecule has 2 heteroatoms. The van der Waals surface area contributed by atoms with Crippen molar-refractivity contribution in [1.82, 2.24) is 9.38 Å². The monoisotopic (exact) mass is 286 g/mol. The summed E-state index contributed by atoms with van der Waals surface area (Å²) in [5.41, 5.74) is 7.26. The Kier molecular flexibility index (Phi) is 2.80. The predicted octanol–water partition coefficient (Wildman–Crippen LogP) is 5.08. The summed E-state index contributed by atoms with van der Waals surface area (Å²) in [5.74, 6) is 0. The number of aromatic nitrogens is 2. The summed E-state index contributed by atoms with van der Waals surface area (Å²) in [7, 11) is 0. The van der Waals surface area contributed by atoms with Crippen molar-refractivity contribution in [1.29, 1.82) is 0 Å². The van der Waals surface area contributed by atoms with Crippen molar-refractivity contribution in [2.75, 3.05) is 0 Å². The molecule has 0 atom stereocenters. The van der Waals surface area contributed by atoms with Gasteiger partial charge in [0.1, 0.15) is 0 Å². The smallest absolute Gasteiger partial charge is 0.0705 e. The molecule has 0 unspecified atom stereocenters. The number of aryl methyl sites for hydroxylation is 3. The Labute approximate surface area is 130 Å². The fraction of sp³-hybridized carbons (Fsp3) is 0.150. The molecule has 0 spiro atoms. The first-order valence-electron chi connectivity index (χ1n) is 7.58. The number of rotatable bonds is 1. The molecule has 0 aliphatic carbocycles. The molecule has 0 fully saturated rings. The number of nitrogens with zero attached hydrogens (tertiary/aromatic N) is 2. The third-order valence-electron chi connectivity index (χ3n) is 4.57. The van der Waals surface area contributed by atoms with Gasteiger partial charge in [0.05, 0.1) is 11.2 Å². The Morgan fingerprint density at radius 2 is 1.73 bits per heavy atom. The molecule has 0 aliphatic heterocycles. The average molecular weight is 286 g/mol. The summed E-state index contributed by atoms with van der Waals surface area (Å²) >= 11 is 0. The van der Waals surface area contributed by atoms with Gasteiger partial charge < -0.3 is 4.40 Å². The zero-order valence-electron chi connectivity index (χ0n) is 13.1. The molecule has 0 radical (unpaired) electrons. The third kappa shape index (κ3) is 1.84. The zero-order valence-corrected chi connectivity index (χ0v) is 13.1. The van der Waals surface area contributed by atoms with Crippen molar-refractivity contribution in [3.05, 3.63) is 71.7 Å². The second kappa shape index (κ2) is 4.70. The quantitative estimate of drug-likeness (QED) is 0.477. The summed E-state index contributed by atoms with van der Waals surface area (Å²) in [4.78, 5) is 4.60. The molecule has 0 aliphatic rings. The van der Waals surface area contributed by atoms with Gasteiger partial charge in [0, 0.05) is 34.4 Å². The van der Waals surface area contributed by atoms with Crippen LogP contribution in [0.3, 0.4) is 0 Å². The number of benzene rings is 1. The molecule has 108 valence electrons. The molecule has 0 amide bonds. The lowest BCUT2D eigenvalue weighted by molar-refractivity contribution is 1.12. The van der Waals surface area contributed by atoms with E-state index in [1.54, 1.807) is 0 Å². The summed E-state index contributed by atoms with van der Waals surface area (Å²) in [6, 6.07) is 15.2. The highest BCUT2D eigenvalue weighted by molar-refractivity contribution is 6.01. The molecule has 2 nitrogen and oxygen atoms in total. The summed E-state index contributed by atoms with van der Waals surface area (Å²) in [6.45, 7) is 6.40. The lowest BCUT2D eigenvalue weighted by atomic mass is 10.0. The maximum absolute atomic E-state index is 4.60. The van der Waals surface area contributed by atoms with Crippen molar-refractivity contribution >= 4 is 16.3 Å². The van der Waals surface area contributed by atoms with E-state index in [0.717, 1.165) is 5.69 Å². The van der Waals surface area contributed by atoms with E-state index in [9.17, 15) is 0 Å². The van der Waals surface area contributed by atoms with Crippen LogP contribution in [-0.4, -0.2) is 9.38 Å². The van der Waals surface area contributed by atoms with Crippen molar-refractivity contribution < 1.29 is 0 Å². The first kappa shape index (κ1) is 13.1. The second-order valence-corrected chi connectivity index (χ2v) is 5.96. The van der Waals surface area contributed by atoms with Crippen LogP contribution in [0.1, 0.15) is 16.8 Å². The summed E-state index contributed by atoms with van der Waals surface area (Å²) < 4.78 is 2.25. The van der Waals surface area contributed by atoms with E-state index < -0.39 is 0 Å². The Balaban J connectivity index is 2.00. The average Bonchev–Trinajstić information content (AvgIpc) is 2.83. The topological polar surface area (TPSA) is 17.3 Å². The first-order chi connectivity index (χ1) is 10.6. The van der Waals surface area contributed by atoms with Gasteiger partial charge in [-0.2, -0.15) is 0 Å². The van der Waals surface area contributed by atoms with Crippen LogP contribution in [-0.2, 0) is 0 Å². The summed E-state index contributed by atoms with van der Waals surface area (Å²) in [6.07, 6.45) is 4.08. The molecule has 3 heterocycles. The fourth-order valence-corrected chi connectivity index (χ4v) is 3.10. The van der Waals surface area contributed by atoms with E-state index in [0.29, 0.717) is 0 Å². The lowest BCUT2D eigenvalue weighted by Gasteiger charge is -2.05. The molecule has 3 aromatic heterocycles. The van der Waals surface area contributed by atoms with Crippen LogP contribution in [0, 0.1) is 20.8 Å². The molecule has 4 rings (SSSR count). The zero-order chi connectivity index (χ0) is 15.3. The van der Waals surface area contributed by atoms with E-state index in [1.165, 1.54) is 38.7 Å². The SMILES string of the molecule is Cc1cnc(-c2ccc3c(C)n4ccccc4c3c2)cc1C. The second-order valence-electron chi connectivity index (χ2n) is 5.96. The van der Waals surface area contributed by atoms with Crippen LogP contribution in [0.15, 0.2) is 54.9 Å². The molecule has 22 heavy (non-hydrogen) atoms. The Bertz CT molecular complexity index is 1010. The molecule has 0 saturated heterocycles. The van der Waals surface area contributed by atoms with Crippen molar-refractivity contribution in [3.8, 4) is 11.3 Å². The van der Waals surface area contributed by atoms with Gasteiger partial charge in [-0.3, -0.25) is 4.98 Å². The van der Waals surface area contributed by atoms with E-state index in [4.69, 9.17) is 0 Å². The molecular formula is C20H18N2. The normalized spacial score (nSPS) is 11.4. The largest absolute Gasteiger partial charge is 0.320 e.